The van der Waals surface area contributed by atoms with Crippen molar-refractivity contribution in [3.8, 4) is 0 Å². The summed E-state index contributed by atoms with van der Waals surface area (Å²) in [5.41, 5.74) is 12.2. The first kappa shape index (κ1) is 9.57. The Morgan fingerprint density at radius 3 is 2.43 bits per heavy atom. The zero-order chi connectivity index (χ0) is 9.80. The molecule has 0 aromatic heterocycles. The third-order valence-electron chi connectivity index (χ3n) is 2.20. The van der Waals surface area contributed by atoms with E-state index in [0.29, 0.717) is 6.42 Å². The molecule has 0 saturated carbocycles. The number of hydrogen-bond acceptors (Lipinski definition) is 5. The molecule has 1 aliphatic rings. The summed E-state index contributed by atoms with van der Waals surface area (Å²) in [7, 11) is 0. The Balaban J connectivity index is 1.92. The van der Waals surface area contributed by atoms with E-state index in [2.05, 4.69) is 21.9 Å². The Labute approximate surface area is 82.4 Å². The van der Waals surface area contributed by atoms with E-state index in [1.807, 2.05) is 30.3 Å². The number of aliphatic hydroxyl groups excluding tert-OH is 1. The number of rotatable bonds is 3. The largest absolute Gasteiger partial charge is 0.388 e. The number of hydrazine groups is 3. The van der Waals surface area contributed by atoms with Crippen LogP contribution in [0.25, 0.3) is 0 Å². The van der Waals surface area contributed by atoms with Gasteiger partial charge in [-0.05, 0) is 5.56 Å². The van der Waals surface area contributed by atoms with Gasteiger partial charge < -0.3 is 5.11 Å². The molecule has 5 heteroatoms. The van der Waals surface area contributed by atoms with Crippen molar-refractivity contribution >= 4 is 0 Å². The fourth-order valence-electron chi connectivity index (χ4n) is 1.43. The molecule has 0 spiro atoms. The Morgan fingerprint density at radius 1 is 1.14 bits per heavy atom. The van der Waals surface area contributed by atoms with Gasteiger partial charge in [0.25, 0.3) is 0 Å². The summed E-state index contributed by atoms with van der Waals surface area (Å²) in [5.74, 6) is 0. The van der Waals surface area contributed by atoms with Crippen LogP contribution in [0.1, 0.15) is 18.1 Å². The van der Waals surface area contributed by atoms with E-state index in [-0.39, 0.29) is 6.17 Å². The standard InChI is InChI=1S/C9H14N4O/c14-8(6-9-10-12-13-11-9)7-4-2-1-3-5-7/h1-5,8-14H,6H2. The number of aliphatic hydroxyl groups is 1. The fraction of sp³-hybridized carbons (Fsp3) is 0.333. The summed E-state index contributed by atoms with van der Waals surface area (Å²) in [4.78, 5) is 0. The van der Waals surface area contributed by atoms with Gasteiger partial charge in [-0.2, -0.15) is 11.1 Å². The van der Waals surface area contributed by atoms with E-state index >= 15 is 0 Å². The summed E-state index contributed by atoms with van der Waals surface area (Å²) in [6.07, 6.45) is 0.178. The molecule has 1 atom stereocenters. The first-order valence-corrected chi connectivity index (χ1v) is 4.60. The van der Waals surface area contributed by atoms with Crippen LogP contribution >= 0.6 is 0 Å². The van der Waals surface area contributed by atoms with E-state index in [0.717, 1.165) is 5.56 Å². The highest BCUT2D eigenvalue weighted by molar-refractivity contribution is 5.17. The van der Waals surface area contributed by atoms with Gasteiger partial charge >= 0.3 is 0 Å². The summed E-state index contributed by atoms with van der Waals surface area (Å²) >= 11 is 0. The molecule has 1 aromatic rings. The minimum Gasteiger partial charge on any atom is -0.388 e. The maximum Gasteiger partial charge on any atom is 0.0887 e. The van der Waals surface area contributed by atoms with Gasteiger partial charge in [0.2, 0.25) is 0 Å². The molecule has 76 valence electrons. The van der Waals surface area contributed by atoms with Crippen molar-refractivity contribution in [2.75, 3.05) is 0 Å². The van der Waals surface area contributed by atoms with Gasteiger partial charge in [-0.25, -0.2) is 10.9 Å². The normalized spacial score (nSPS) is 19.8. The number of benzene rings is 1. The van der Waals surface area contributed by atoms with Crippen molar-refractivity contribution in [2.45, 2.75) is 18.7 Å². The van der Waals surface area contributed by atoms with E-state index in [4.69, 9.17) is 0 Å². The summed E-state index contributed by atoms with van der Waals surface area (Å²) in [6, 6.07) is 9.61. The van der Waals surface area contributed by atoms with Gasteiger partial charge in [-0.15, -0.1) is 0 Å². The average molecular weight is 194 g/mol. The van der Waals surface area contributed by atoms with Crippen molar-refractivity contribution in [3.05, 3.63) is 35.9 Å². The molecule has 0 bridgehead atoms. The molecule has 1 aromatic carbocycles. The van der Waals surface area contributed by atoms with Gasteiger partial charge in [-0.1, -0.05) is 30.3 Å². The molecule has 0 amide bonds. The molecule has 2 rings (SSSR count). The second-order valence-electron chi connectivity index (χ2n) is 3.25. The summed E-state index contributed by atoms with van der Waals surface area (Å²) in [5, 5.41) is 9.85. The second-order valence-corrected chi connectivity index (χ2v) is 3.25. The van der Waals surface area contributed by atoms with Crippen LogP contribution in [0.3, 0.4) is 0 Å². The molecule has 14 heavy (non-hydrogen) atoms. The monoisotopic (exact) mass is 194 g/mol. The van der Waals surface area contributed by atoms with Crippen molar-refractivity contribution in [1.29, 1.82) is 0 Å². The Kier molecular flexibility index (Phi) is 3.07. The minimum absolute atomic E-state index is 0.0326. The van der Waals surface area contributed by atoms with Crippen molar-refractivity contribution < 1.29 is 5.11 Å². The third kappa shape index (κ3) is 2.28. The van der Waals surface area contributed by atoms with Crippen LogP contribution in [0.2, 0.25) is 0 Å². The molecular formula is C9H14N4O. The Bertz CT molecular complexity index is 273. The van der Waals surface area contributed by atoms with Gasteiger partial charge in [0.15, 0.2) is 0 Å². The first-order chi connectivity index (χ1) is 6.86. The lowest BCUT2D eigenvalue weighted by molar-refractivity contribution is 0.149. The van der Waals surface area contributed by atoms with E-state index in [1.165, 1.54) is 0 Å². The molecule has 1 aliphatic heterocycles. The molecule has 0 radical (unpaired) electrons. The lowest BCUT2D eigenvalue weighted by Crippen LogP contribution is -2.35. The second kappa shape index (κ2) is 4.50. The molecule has 1 unspecified atom stereocenters. The topological polar surface area (TPSA) is 68.3 Å². The molecule has 5 nitrogen and oxygen atoms in total. The maximum absolute atomic E-state index is 9.85. The summed E-state index contributed by atoms with van der Waals surface area (Å²) in [6.45, 7) is 0. The van der Waals surface area contributed by atoms with Crippen LogP contribution in [-0.4, -0.2) is 11.3 Å². The highest BCUT2D eigenvalue weighted by Crippen LogP contribution is 2.16. The van der Waals surface area contributed by atoms with Gasteiger partial charge in [0, 0.05) is 6.42 Å². The smallest absolute Gasteiger partial charge is 0.0887 e. The maximum atomic E-state index is 9.85. The lowest BCUT2D eigenvalue weighted by atomic mass is 10.1. The van der Waals surface area contributed by atoms with E-state index in [9.17, 15) is 5.11 Å². The molecular weight excluding hydrogens is 180 g/mol. The highest BCUT2D eigenvalue weighted by Gasteiger charge is 2.17. The SMILES string of the molecule is OC(CC1NNNN1)c1ccccc1. The molecule has 5 N–H and O–H groups in total. The minimum atomic E-state index is -0.456. The van der Waals surface area contributed by atoms with Crippen LogP contribution in [0, 0.1) is 0 Å². The Hall–Kier alpha value is -0.980. The molecule has 1 fully saturated rings. The van der Waals surface area contributed by atoms with Crippen LogP contribution < -0.4 is 21.9 Å². The Morgan fingerprint density at radius 2 is 1.79 bits per heavy atom. The van der Waals surface area contributed by atoms with Crippen LogP contribution in [-0.2, 0) is 0 Å². The van der Waals surface area contributed by atoms with Gasteiger partial charge in [-0.3, -0.25) is 0 Å². The van der Waals surface area contributed by atoms with E-state index in [1.54, 1.807) is 0 Å². The first-order valence-electron chi connectivity index (χ1n) is 4.60. The van der Waals surface area contributed by atoms with Crippen molar-refractivity contribution in [1.82, 2.24) is 21.9 Å². The quantitative estimate of drug-likeness (QED) is 0.451. The number of nitrogens with one attached hydrogen (secondary N) is 4. The van der Waals surface area contributed by atoms with Crippen LogP contribution in [0.15, 0.2) is 30.3 Å². The lowest BCUT2D eigenvalue weighted by Gasteiger charge is -2.14. The highest BCUT2D eigenvalue weighted by atomic mass is 16.3. The van der Waals surface area contributed by atoms with Crippen molar-refractivity contribution in [2.24, 2.45) is 0 Å². The number of hydrogen-bond donors (Lipinski definition) is 5. The van der Waals surface area contributed by atoms with Gasteiger partial charge in [0.1, 0.15) is 0 Å². The van der Waals surface area contributed by atoms with Crippen LogP contribution in [0.5, 0.6) is 0 Å². The molecule has 0 aliphatic carbocycles. The molecule has 1 saturated heterocycles. The predicted molar refractivity (Wildman–Crippen MR) is 52.3 cm³/mol. The average Bonchev–Trinajstić information content (AvgIpc) is 2.72. The predicted octanol–water partition coefficient (Wildman–Crippen LogP) is -0.447. The zero-order valence-electron chi connectivity index (χ0n) is 7.70. The van der Waals surface area contributed by atoms with Crippen LogP contribution in [0.4, 0.5) is 0 Å². The van der Waals surface area contributed by atoms with Gasteiger partial charge in [0.05, 0.1) is 12.3 Å². The third-order valence-corrected chi connectivity index (χ3v) is 2.20. The fourth-order valence-corrected chi connectivity index (χ4v) is 1.43. The van der Waals surface area contributed by atoms with E-state index < -0.39 is 6.10 Å². The van der Waals surface area contributed by atoms with Crippen molar-refractivity contribution in [3.63, 3.8) is 0 Å². The molecule has 1 heterocycles. The summed E-state index contributed by atoms with van der Waals surface area (Å²) < 4.78 is 0. The zero-order valence-corrected chi connectivity index (χ0v) is 7.70.